The quantitative estimate of drug-likeness (QED) is 0.759. The molecule has 0 aromatic carbocycles. The van der Waals surface area contributed by atoms with Crippen molar-refractivity contribution in [1.82, 2.24) is 0 Å². The van der Waals surface area contributed by atoms with Gasteiger partial charge in [-0.05, 0) is 44.2 Å². The number of ketones is 1. The summed E-state index contributed by atoms with van der Waals surface area (Å²) in [5.74, 6) is 0.810. The minimum Gasteiger partial charge on any atom is -0.461 e. The first-order chi connectivity index (χ1) is 9.20. The monoisotopic (exact) mass is 262 g/mol. The van der Waals surface area contributed by atoms with Gasteiger partial charge in [-0.25, -0.2) is 0 Å². The topological polar surface area (TPSA) is 39.4 Å². The predicted octanol–water partition coefficient (Wildman–Crippen LogP) is 3.90. The highest BCUT2D eigenvalue weighted by Gasteiger charge is 2.41. The molecule has 2 heterocycles. The number of carbonyl (C=O) groups is 1. The van der Waals surface area contributed by atoms with Crippen LogP contribution in [0.4, 0.5) is 0 Å². The molecule has 0 N–H and O–H groups in total. The summed E-state index contributed by atoms with van der Waals surface area (Å²) in [6.45, 7) is 2.66. The number of rotatable bonds is 2. The van der Waals surface area contributed by atoms with Gasteiger partial charge in [-0.2, -0.15) is 0 Å². The molecule has 2 aliphatic rings. The molecule has 1 aliphatic carbocycles. The van der Waals surface area contributed by atoms with Crippen LogP contribution in [0.15, 0.2) is 16.7 Å². The lowest BCUT2D eigenvalue weighted by atomic mass is 9.74. The minimum atomic E-state index is -0.0165. The van der Waals surface area contributed by atoms with Gasteiger partial charge in [-0.15, -0.1) is 0 Å². The van der Waals surface area contributed by atoms with E-state index in [0.717, 1.165) is 37.9 Å². The lowest BCUT2D eigenvalue weighted by Crippen LogP contribution is -2.43. The molecule has 1 unspecified atom stereocenters. The molecule has 1 saturated heterocycles. The van der Waals surface area contributed by atoms with E-state index >= 15 is 0 Å². The molecule has 3 nitrogen and oxygen atoms in total. The summed E-state index contributed by atoms with van der Waals surface area (Å²) in [7, 11) is 0. The Balaban J connectivity index is 1.74. The van der Waals surface area contributed by atoms with Crippen LogP contribution in [0.2, 0.25) is 0 Å². The summed E-state index contributed by atoms with van der Waals surface area (Å²) < 4.78 is 11.4. The Hall–Kier alpha value is -1.09. The Morgan fingerprint density at radius 3 is 2.79 bits per heavy atom. The zero-order valence-electron chi connectivity index (χ0n) is 11.6. The first-order valence-corrected chi connectivity index (χ1v) is 7.42. The van der Waals surface area contributed by atoms with Crippen LogP contribution in [0.3, 0.4) is 0 Å². The molecule has 1 aromatic rings. The molecule has 104 valence electrons. The van der Waals surface area contributed by atoms with Crippen molar-refractivity contribution in [2.45, 2.75) is 57.5 Å². The van der Waals surface area contributed by atoms with Gasteiger partial charge in [0.15, 0.2) is 5.76 Å². The summed E-state index contributed by atoms with van der Waals surface area (Å²) >= 11 is 0. The van der Waals surface area contributed by atoms with Gasteiger partial charge in [0.2, 0.25) is 5.78 Å². The maximum atomic E-state index is 12.6. The number of aryl methyl sites for hydroxylation is 1. The third-order valence-corrected chi connectivity index (χ3v) is 4.71. The van der Waals surface area contributed by atoms with E-state index in [4.69, 9.17) is 9.15 Å². The number of furan rings is 1. The lowest BCUT2D eigenvalue weighted by molar-refractivity contribution is -0.111. The van der Waals surface area contributed by atoms with Gasteiger partial charge in [0.1, 0.15) is 0 Å². The second-order valence-electron chi connectivity index (χ2n) is 6.08. The highest BCUT2D eigenvalue weighted by molar-refractivity contribution is 5.96. The molecule has 0 amide bonds. The zero-order chi connectivity index (χ0) is 13.3. The average molecular weight is 262 g/mol. The molecule has 19 heavy (non-hydrogen) atoms. The maximum Gasteiger partial charge on any atom is 0.201 e. The van der Waals surface area contributed by atoms with E-state index in [1.165, 1.54) is 19.3 Å². The van der Waals surface area contributed by atoms with E-state index in [-0.39, 0.29) is 17.3 Å². The van der Waals surface area contributed by atoms with Crippen molar-refractivity contribution < 1.29 is 13.9 Å². The molecule has 2 fully saturated rings. The highest BCUT2D eigenvalue weighted by Crippen LogP contribution is 2.41. The second kappa shape index (κ2) is 5.12. The Bertz CT molecular complexity index is 449. The Morgan fingerprint density at radius 2 is 2.11 bits per heavy atom. The van der Waals surface area contributed by atoms with Gasteiger partial charge in [-0.3, -0.25) is 4.79 Å². The summed E-state index contributed by atoms with van der Waals surface area (Å²) in [5.41, 5.74) is 0.936. The minimum absolute atomic E-state index is 0.0165. The fraction of sp³-hybridized carbons (Fsp3) is 0.688. The van der Waals surface area contributed by atoms with Gasteiger partial charge >= 0.3 is 0 Å². The number of hydrogen-bond donors (Lipinski definition) is 0. The van der Waals surface area contributed by atoms with Crippen LogP contribution in [0.25, 0.3) is 0 Å². The number of hydrogen-bond acceptors (Lipinski definition) is 3. The van der Waals surface area contributed by atoms with E-state index in [0.29, 0.717) is 5.76 Å². The summed E-state index contributed by atoms with van der Waals surface area (Å²) in [6.07, 6.45) is 9.34. The van der Waals surface area contributed by atoms with E-state index in [2.05, 4.69) is 0 Å². The summed E-state index contributed by atoms with van der Waals surface area (Å²) in [4.78, 5) is 12.6. The number of carbonyl (C=O) groups excluding carboxylic acids is 1. The zero-order valence-corrected chi connectivity index (χ0v) is 11.6. The molecule has 1 spiro atoms. The third-order valence-electron chi connectivity index (χ3n) is 4.71. The van der Waals surface area contributed by atoms with Crippen molar-refractivity contribution in [2.24, 2.45) is 5.92 Å². The molecule has 1 saturated carbocycles. The van der Waals surface area contributed by atoms with Crippen LogP contribution >= 0.6 is 0 Å². The molecule has 1 aliphatic heterocycles. The first-order valence-electron chi connectivity index (χ1n) is 7.42. The van der Waals surface area contributed by atoms with Gasteiger partial charge in [0.25, 0.3) is 0 Å². The van der Waals surface area contributed by atoms with Crippen LogP contribution in [-0.2, 0) is 4.74 Å². The summed E-state index contributed by atoms with van der Waals surface area (Å²) in [5, 5.41) is 0. The van der Waals surface area contributed by atoms with Gasteiger partial charge in [-0.1, -0.05) is 19.3 Å². The van der Waals surface area contributed by atoms with Crippen LogP contribution in [0.5, 0.6) is 0 Å². The van der Waals surface area contributed by atoms with Crippen molar-refractivity contribution in [2.75, 3.05) is 6.61 Å². The van der Waals surface area contributed by atoms with E-state index in [1.54, 1.807) is 6.26 Å². The largest absolute Gasteiger partial charge is 0.461 e. The first kappa shape index (κ1) is 12.9. The molecule has 3 heteroatoms. The Labute approximate surface area is 114 Å². The van der Waals surface area contributed by atoms with Crippen LogP contribution < -0.4 is 0 Å². The van der Waals surface area contributed by atoms with Crippen LogP contribution in [-0.4, -0.2) is 18.0 Å². The molecule has 0 radical (unpaired) electrons. The SMILES string of the molecule is Cc1ccoc1C(=O)C1CCOC2(CCCCC2)C1. The van der Waals surface area contributed by atoms with Crippen molar-refractivity contribution in [3.63, 3.8) is 0 Å². The normalized spacial score (nSPS) is 26.5. The second-order valence-corrected chi connectivity index (χ2v) is 6.08. The molecule has 0 bridgehead atoms. The Morgan fingerprint density at radius 1 is 1.32 bits per heavy atom. The molecular formula is C16H22O3. The molecule has 3 rings (SSSR count). The predicted molar refractivity (Wildman–Crippen MR) is 72.3 cm³/mol. The average Bonchev–Trinajstić information content (AvgIpc) is 2.85. The highest BCUT2D eigenvalue weighted by atomic mass is 16.5. The van der Waals surface area contributed by atoms with Crippen LogP contribution in [0, 0.1) is 12.8 Å². The fourth-order valence-corrected chi connectivity index (χ4v) is 3.61. The maximum absolute atomic E-state index is 12.6. The van der Waals surface area contributed by atoms with Crippen molar-refractivity contribution in [3.05, 3.63) is 23.7 Å². The van der Waals surface area contributed by atoms with Crippen molar-refractivity contribution in [1.29, 1.82) is 0 Å². The van der Waals surface area contributed by atoms with Crippen LogP contribution in [0.1, 0.15) is 61.1 Å². The standard InChI is InChI=1S/C16H22O3/c1-12-5-9-18-15(12)14(17)13-6-10-19-16(11-13)7-3-2-4-8-16/h5,9,13H,2-4,6-8,10-11H2,1H3. The Kier molecular flexibility index (Phi) is 3.48. The lowest BCUT2D eigenvalue weighted by Gasteiger charge is -2.43. The molecular weight excluding hydrogens is 240 g/mol. The number of ether oxygens (including phenoxy) is 1. The van der Waals surface area contributed by atoms with Gasteiger partial charge < -0.3 is 9.15 Å². The van der Waals surface area contributed by atoms with Crippen molar-refractivity contribution in [3.8, 4) is 0 Å². The van der Waals surface area contributed by atoms with Crippen molar-refractivity contribution >= 4 is 5.78 Å². The van der Waals surface area contributed by atoms with E-state index in [1.807, 2.05) is 13.0 Å². The van der Waals surface area contributed by atoms with E-state index in [9.17, 15) is 4.79 Å². The third kappa shape index (κ3) is 2.48. The summed E-state index contributed by atoms with van der Waals surface area (Å²) in [6, 6.07) is 1.86. The van der Waals surface area contributed by atoms with E-state index < -0.39 is 0 Å². The van der Waals surface area contributed by atoms with Gasteiger partial charge in [0.05, 0.1) is 11.9 Å². The smallest absolute Gasteiger partial charge is 0.201 e. The fourth-order valence-electron chi connectivity index (χ4n) is 3.61. The molecule has 1 atom stereocenters. The van der Waals surface area contributed by atoms with Gasteiger partial charge in [0, 0.05) is 12.5 Å². The number of Topliss-reactive ketones (excluding diaryl/α,β-unsaturated/α-hetero) is 1. The molecule has 1 aromatic heterocycles.